The lowest BCUT2D eigenvalue weighted by molar-refractivity contribution is -0.155. The quantitative estimate of drug-likeness (QED) is 0.820. The third-order valence-electron chi connectivity index (χ3n) is 4.07. The molecule has 0 bridgehead atoms. The Hall–Kier alpha value is -3.28. The van der Waals surface area contributed by atoms with E-state index in [0.717, 1.165) is 11.1 Å². The number of nitrogens with one attached hydrogen (secondary N) is 1. The van der Waals surface area contributed by atoms with Gasteiger partial charge in [-0.1, -0.05) is 42.5 Å². The Morgan fingerprint density at radius 1 is 1.07 bits per heavy atom. The predicted octanol–water partition coefficient (Wildman–Crippen LogP) is 3.41. The Kier molecular flexibility index (Phi) is 5.76. The van der Waals surface area contributed by atoms with Crippen molar-refractivity contribution in [3.05, 3.63) is 77.2 Å². The van der Waals surface area contributed by atoms with Crippen molar-refractivity contribution in [1.29, 1.82) is 0 Å². The highest BCUT2D eigenvalue weighted by Crippen LogP contribution is 2.24. The number of anilines is 1. The number of amides is 1. The third kappa shape index (κ3) is 4.67. The molecular weight excluding hydrogens is 346 g/mol. The van der Waals surface area contributed by atoms with E-state index in [9.17, 15) is 9.59 Å². The molecule has 0 saturated heterocycles. The summed E-state index contributed by atoms with van der Waals surface area (Å²) in [7, 11) is 0. The van der Waals surface area contributed by atoms with Crippen molar-refractivity contribution in [2.24, 2.45) is 0 Å². The van der Waals surface area contributed by atoms with Crippen molar-refractivity contribution in [2.75, 3.05) is 18.5 Å². The second-order valence-corrected chi connectivity index (χ2v) is 6.21. The van der Waals surface area contributed by atoms with E-state index in [1.807, 2.05) is 38.1 Å². The monoisotopic (exact) mass is 367 g/mol. The van der Waals surface area contributed by atoms with Gasteiger partial charge in [0.1, 0.15) is 19.5 Å². The first-order chi connectivity index (χ1) is 13.0. The molecule has 1 N–H and O–H groups in total. The summed E-state index contributed by atoms with van der Waals surface area (Å²) in [6.45, 7) is 4.46. The smallest absolute Gasteiger partial charge is 0.378 e. The van der Waals surface area contributed by atoms with Crippen LogP contribution in [0.5, 0.6) is 0 Å². The zero-order valence-electron chi connectivity index (χ0n) is 15.2. The lowest BCUT2D eigenvalue weighted by Crippen LogP contribution is -2.28. The maximum absolute atomic E-state index is 12.9. The lowest BCUT2D eigenvalue weighted by atomic mass is 10.1. The summed E-state index contributed by atoms with van der Waals surface area (Å²) in [5.41, 5.74) is 3.17. The summed E-state index contributed by atoms with van der Waals surface area (Å²) in [6, 6.07) is 14.6. The molecule has 1 aliphatic heterocycles. The largest absolute Gasteiger partial charge is 0.493 e. The molecule has 27 heavy (non-hydrogen) atoms. The van der Waals surface area contributed by atoms with Gasteiger partial charge in [-0.05, 0) is 31.0 Å². The van der Waals surface area contributed by atoms with Crippen molar-refractivity contribution >= 4 is 17.6 Å². The van der Waals surface area contributed by atoms with Crippen LogP contribution in [0.2, 0.25) is 0 Å². The average Bonchev–Trinajstić information content (AvgIpc) is 2.70. The Morgan fingerprint density at radius 3 is 2.56 bits per heavy atom. The molecule has 0 spiro atoms. The summed E-state index contributed by atoms with van der Waals surface area (Å²) >= 11 is 0. The first-order valence-corrected chi connectivity index (χ1v) is 8.63. The van der Waals surface area contributed by atoms with Crippen LogP contribution in [0.15, 0.2) is 60.6 Å². The highest BCUT2D eigenvalue weighted by atomic mass is 16.6. The summed E-state index contributed by atoms with van der Waals surface area (Å²) in [5.74, 6) is -1.25. The number of rotatable bonds is 5. The van der Waals surface area contributed by atoms with Crippen LogP contribution in [0, 0.1) is 13.8 Å². The molecule has 6 heteroatoms. The topological polar surface area (TPSA) is 73.9 Å². The van der Waals surface area contributed by atoms with Crippen molar-refractivity contribution in [3.63, 3.8) is 0 Å². The van der Waals surface area contributed by atoms with Gasteiger partial charge in [0.25, 0.3) is 5.91 Å². The number of ether oxygens (including phenoxy) is 3. The minimum absolute atomic E-state index is 0.0540. The minimum atomic E-state index is -1.12. The predicted molar refractivity (Wildman–Crippen MR) is 99.8 cm³/mol. The molecule has 0 aromatic heterocycles. The standard InChI is InChI=1S/C21H21NO5/c1-14-8-9-15(2)17(12-14)22-20(23)19(16-6-4-3-5-7-16)27-21(24)18-13-25-10-11-26-18/h3-9,12-13,19H,10-11H2,1-2H3,(H,22,23)/t19-/m1/s1. The Bertz CT molecular complexity index is 860. The Balaban J connectivity index is 1.83. The molecule has 1 atom stereocenters. The molecule has 1 amide bonds. The van der Waals surface area contributed by atoms with Crippen LogP contribution in [0.3, 0.4) is 0 Å². The van der Waals surface area contributed by atoms with Crippen LogP contribution in [0.25, 0.3) is 0 Å². The normalized spacial score (nSPS) is 14.2. The SMILES string of the molecule is Cc1ccc(C)c(NC(=O)[C@H](OC(=O)C2=COCCO2)c2ccccc2)c1. The van der Waals surface area contributed by atoms with Crippen LogP contribution >= 0.6 is 0 Å². The fourth-order valence-corrected chi connectivity index (χ4v) is 2.61. The second-order valence-electron chi connectivity index (χ2n) is 6.21. The maximum atomic E-state index is 12.9. The molecule has 0 fully saturated rings. The van der Waals surface area contributed by atoms with E-state index in [2.05, 4.69) is 5.32 Å². The highest BCUT2D eigenvalue weighted by Gasteiger charge is 2.28. The van der Waals surface area contributed by atoms with Gasteiger partial charge in [0.05, 0.1) is 0 Å². The number of hydrogen-bond donors (Lipinski definition) is 1. The van der Waals surface area contributed by atoms with Gasteiger partial charge in [-0.3, -0.25) is 4.79 Å². The molecule has 0 radical (unpaired) electrons. The van der Waals surface area contributed by atoms with Gasteiger partial charge in [0, 0.05) is 11.3 Å². The lowest BCUT2D eigenvalue weighted by Gasteiger charge is -2.21. The van der Waals surface area contributed by atoms with Crippen LogP contribution in [0.1, 0.15) is 22.8 Å². The van der Waals surface area contributed by atoms with E-state index in [0.29, 0.717) is 17.9 Å². The Morgan fingerprint density at radius 2 is 1.85 bits per heavy atom. The fraction of sp³-hybridized carbons (Fsp3) is 0.238. The molecule has 0 unspecified atom stereocenters. The highest BCUT2D eigenvalue weighted by molar-refractivity contribution is 5.98. The van der Waals surface area contributed by atoms with Gasteiger partial charge in [-0.25, -0.2) is 4.79 Å². The summed E-state index contributed by atoms with van der Waals surface area (Å²) in [4.78, 5) is 25.3. The number of esters is 1. The molecule has 0 saturated carbocycles. The number of hydrogen-bond acceptors (Lipinski definition) is 5. The van der Waals surface area contributed by atoms with Gasteiger partial charge >= 0.3 is 5.97 Å². The zero-order chi connectivity index (χ0) is 19.2. The molecule has 6 nitrogen and oxygen atoms in total. The van der Waals surface area contributed by atoms with Crippen molar-refractivity contribution in [2.45, 2.75) is 20.0 Å². The summed E-state index contributed by atoms with van der Waals surface area (Å²) in [6.07, 6.45) is 0.0845. The van der Waals surface area contributed by atoms with Crippen molar-refractivity contribution in [3.8, 4) is 0 Å². The van der Waals surface area contributed by atoms with E-state index >= 15 is 0 Å². The molecule has 2 aromatic carbocycles. The summed E-state index contributed by atoms with van der Waals surface area (Å²) < 4.78 is 15.8. The van der Waals surface area contributed by atoms with Crippen molar-refractivity contribution < 1.29 is 23.8 Å². The minimum Gasteiger partial charge on any atom is -0.493 e. The van der Waals surface area contributed by atoms with Gasteiger partial charge in [0.2, 0.25) is 11.9 Å². The van der Waals surface area contributed by atoms with E-state index < -0.39 is 18.0 Å². The zero-order valence-corrected chi connectivity index (χ0v) is 15.2. The van der Waals surface area contributed by atoms with Crippen LogP contribution in [-0.2, 0) is 23.8 Å². The molecular formula is C21H21NO5. The number of carbonyl (C=O) groups excluding carboxylic acids is 2. The molecule has 0 aliphatic carbocycles. The second kappa shape index (κ2) is 8.40. The van der Waals surface area contributed by atoms with Crippen molar-refractivity contribution in [1.82, 2.24) is 0 Å². The molecule has 140 valence electrons. The van der Waals surface area contributed by atoms with E-state index in [4.69, 9.17) is 14.2 Å². The maximum Gasteiger partial charge on any atom is 0.378 e. The van der Waals surface area contributed by atoms with Crippen LogP contribution < -0.4 is 5.32 Å². The molecule has 1 aliphatic rings. The number of carbonyl (C=O) groups is 2. The van der Waals surface area contributed by atoms with Crippen LogP contribution in [0.4, 0.5) is 5.69 Å². The van der Waals surface area contributed by atoms with E-state index in [1.54, 1.807) is 24.3 Å². The van der Waals surface area contributed by atoms with Gasteiger partial charge < -0.3 is 19.5 Å². The van der Waals surface area contributed by atoms with E-state index in [1.165, 1.54) is 6.26 Å². The first-order valence-electron chi connectivity index (χ1n) is 8.63. The molecule has 3 rings (SSSR count). The summed E-state index contributed by atoms with van der Waals surface area (Å²) in [5, 5.41) is 2.85. The van der Waals surface area contributed by atoms with Crippen LogP contribution in [-0.4, -0.2) is 25.1 Å². The van der Waals surface area contributed by atoms with Gasteiger partial charge in [-0.2, -0.15) is 0 Å². The fourth-order valence-electron chi connectivity index (χ4n) is 2.61. The number of aryl methyl sites for hydroxylation is 2. The molecule has 1 heterocycles. The Labute approximate surface area is 157 Å². The number of benzene rings is 2. The average molecular weight is 367 g/mol. The van der Waals surface area contributed by atoms with Gasteiger partial charge in [0.15, 0.2) is 0 Å². The first kappa shape index (κ1) is 18.5. The van der Waals surface area contributed by atoms with E-state index in [-0.39, 0.29) is 12.4 Å². The molecule has 2 aromatic rings. The van der Waals surface area contributed by atoms with Gasteiger partial charge in [-0.15, -0.1) is 0 Å². The third-order valence-corrected chi connectivity index (χ3v) is 4.07.